The number of hydrogen-bond donors (Lipinski definition) is 0. The van der Waals surface area contributed by atoms with Gasteiger partial charge in [-0.1, -0.05) is 42.0 Å². The Bertz CT molecular complexity index is 1170. The summed E-state index contributed by atoms with van der Waals surface area (Å²) in [5.74, 6) is 0.392. The number of rotatable bonds is 7. The predicted molar refractivity (Wildman–Crippen MR) is 133 cm³/mol. The van der Waals surface area contributed by atoms with Crippen LogP contribution in [0, 0.1) is 23.7 Å². The van der Waals surface area contributed by atoms with E-state index in [4.69, 9.17) is 21.1 Å². The molecule has 0 aromatic heterocycles. The van der Waals surface area contributed by atoms with E-state index in [0.29, 0.717) is 33.2 Å². The zero-order valence-electron chi connectivity index (χ0n) is 18.6. The normalized spacial score (nSPS) is 25.3. The molecule has 8 heteroatoms. The van der Waals surface area contributed by atoms with Crippen LogP contribution in [0.15, 0.2) is 58.1 Å². The smallest absolute Gasteiger partial charge is 0.254 e. The fraction of sp³-hybridized carbons (Fsp3) is 0.346. The molecule has 6 rings (SSSR count). The van der Waals surface area contributed by atoms with Crippen LogP contribution in [0.25, 0.3) is 0 Å². The lowest BCUT2D eigenvalue weighted by molar-refractivity contribution is -0.140. The van der Waals surface area contributed by atoms with Gasteiger partial charge in [-0.2, -0.15) is 10.1 Å². The van der Waals surface area contributed by atoms with Gasteiger partial charge >= 0.3 is 0 Å². The van der Waals surface area contributed by atoms with E-state index in [1.54, 1.807) is 6.07 Å². The number of carbonyl (C=O) groups is 2. The van der Waals surface area contributed by atoms with E-state index in [1.165, 1.54) is 6.21 Å². The highest BCUT2D eigenvalue weighted by Gasteiger charge is 2.56. The minimum atomic E-state index is -0.278. The van der Waals surface area contributed by atoms with Gasteiger partial charge in [-0.05, 0) is 71.3 Å². The number of allylic oxidation sites excluding steroid dienone is 2. The summed E-state index contributed by atoms with van der Waals surface area (Å²) in [6, 6.07) is 11.1. The third kappa shape index (κ3) is 4.16. The van der Waals surface area contributed by atoms with Gasteiger partial charge in [0.05, 0.1) is 29.1 Å². The Hall–Kier alpha value is -2.64. The Morgan fingerprint density at radius 1 is 1.09 bits per heavy atom. The average molecular weight is 544 g/mol. The minimum absolute atomic E-state index is 0.139. The van der Waals surface area contributed by atoms with Gasteiger partial charge in [0.15, 0.2) is 11.5 Å². The third-order valence-corrected chi connectivity index (χ3v) is 7.68. The first-order valence-electron chi connectivity index (χ1n) is 11.4. The van der Waals surface area contributed by atoms with E-state index in [-0.39, 0.29) is 42.1 Å². The molecule has 2 amide bonds. The minimum Gasteiger partial charge on any atom is -0.490 e. The second kappa shape index (κ2) is 9.55. The van der Waals surface area contributed by atoms with Crippen LogP contribution in [0.3, 0.4) is 0 Å². The fourth-order valence-corrected chi connectivity index (χ4v) is 5.89. The van der Waals surface area contributed by atoms with Crippen LogP contribution in [-0.2, 0) is 16.2 Å². The maximum absolute atomic E-state index is 13.0. The van der Waals surface area contributed by atoms with Crippen molar-refractivity contribution >= 4 is 45.6 Å². The molecule has 0 N–H and O–H groups in total. The molecule has 0 unspecified atom stereocenters. The van der Waals surface area contributed by atoms with Crippen molar-refractivity contribution in [2.24, 2.45) is 28.8 Å². The van der Waals surface area contributed by atoms with Gasteiger partial charge in [-0.15, -0.1) is 0 Å². The van der Waals surface area contributed by atoms with Gasteiger partial charge < -0.3 is 9.47 Å². The van der Waals surface area contributed by atoms with Crippen LogP contribution in [0.4, 0.5) is 0 Å². The van der Waals surface area contributed by atoms with Crippen LogP contribution in [0.2, 0.25) is 5.02 Å². The molecule has 4 aliphatic rings. The van der Waals surface area contributed by atoms with Crippen LogP contribution in [0.5, 0.6) is 11.5 Å². The molecule has 2 fully saturated rings. The highest BCUT2D eigenvalue weighted by atomic mass is 79.9. The van der Waals surface area contributed by atoms with Gasteiger partial charge in [-0.25, -0.2) is 0 Å². The van der Waals surface area contributed by atoms with Crippen LogP contribution < -0.4 is 9.47 Å². The summed E-state index contributed by atoms with van der Waals surface area (Å²) in [6.07, 6.45) is 7.63. The first-order chi connectivity index (χ1) is 16.5. The van der Waals surface area contributed by atoms with Crippen molar-refractivity contribution in [1.82, 2.24) is 5.01 Å². The van der Waals surface area contributed by atoms with Crippen molar-refractivity contribution in [3.63, 3.8) is 0 Å². The Morgan fingerprint density at radius 2 is 1.76 bits per heavy atom. The Kier molecular flexibility index (Phi) is 6.49. The van der Waals surface area contributed by atoms with Gasteiger partial charge in [0.2, 0.25) is 0 Å². The predicted octanol–water partition coefficient (Wildman–Crippen LogP) is 5.61. The van der Waals surface area contributed by atoms with Crippen molar-refractivity contribution in [3.8, 4) is 11.5 Å². The van der Waals surface area contributed by atoms with Crippen LogP contribution in [0.1, 0.15) is 30.9 Å². The molecule has 1 saturated heterocycles. The van der Waals surface area contributed by atoms with Crippen molar-refractivity contribution in [2.45, 2.75) is 26.4 Å². The first kappa shape index (κ1) is 23.1. The lowest BCUT2D eigenvalue weighted by Gasteiger charge is -2.37. The molecular weight excluding hydrogens is 520 g/mol. The summed E-state index contributed by atoms with van der Waals surface area (Å²) in [4.78, 5) is 26.0. The Labute approximate surface area is 211 Å². The molecule has 2 aromatic carbocycles. The molecule has 1 aliphatic heterocycles. The van der Waals surface area contributed by atoms with E-state index in [1.807, 2.05) is 37.3 Å². The number of nitrogens with zero attached hydrogens (tertiary/aromatic N) is 2. The second-order valence-corrected chi connectivity index (χ2v) is 9.98. The van der Waals surface area contributed by atoms with Crippen LogP contribution in [-0.4, -0.2) is 29.6 Å². The summed E-state index contributed by atoms with van der Waals surface area (Å²) < 4.78 is 12.5. The van der Waals surface area contributed by atoms with Crippen LogP contribution >= 0.6 is 27.5 Å². The lowest BCUT2D eigenvalue weighted by atomic mass is 9.63. The standard InChI is InChI=1S/C26H24BrClN2O4/c1-2-33-21-12-15(11-19(27)24(21)34-14-18-5-3-4-6-20(18)28)13-29-30-25(31)22-16-7-8-17(10-9-16)23(22)26(30)32/h3-8,11-13,16-17,22-23H,2,9-10,14H2,1H3/b29-13-/t16-,17+,22-,23-/m0/s1. The quantitative estimate of drug-likeness (QED) is 0.259. The summed E-state index contributed by atoms with van der Waals surface area (Å²) >= 11 is 9.80. The second-order valence-electron chi connectivity index (χ2n) is 8.72. The maximum Gasteiger partial charge on any atom is 0.254 e. The molecule has 4 atom stereocenters. The van der Waals surface area contributed by atoms with E-state index in [2.05, 4.69) is 33.2 Å². The van der Waals surface area contributed by atoms with E-state index < -0.39 is 0 Å². The van der Waals surface area contributed by atoms with Gasteiger partial charge in [-0.3, -0.25) is 9.59 Å². The van der Waals surface area contributed by atoms with E-state index >= 15 is 0 Å². The third-order valence-electron chi connectivity index (χ3n) is 6.72. The Balaban J connectivity index is 1.36. The molecule has 3 aliphatic carbocycles. The molecule has 2 aromatic rings. The molecule has 0 spiro atoms. The summed E-state index contributed by atoms with van der Waals surface area (Å²) in [7, 11) is 0. The zero-order chi connectivity index (χ0) is 23.8. The SMILES string of the molecule is CCOc1cc(/C=N\N2C(=O)[C@@H]3[C@@H](C2=O)[C@H]2C=C[C@@H]3CC2)cc(Br)c1OCc1ccccc1Cl. The molecule has 6 nitrogen and oxygen atoms in total. The number of benzene rings is 2. The van der Waals surface area contributed by atoms with Gasteiger partial charge in [0, 0.05) is 10.6 Å². The largest absolute Gasteiger partial charge is 0.490 e. The van der Waals surface area contributed by atoms with Gasteiger partial charge in [0.1, 0.15) is 6.61 Å². The molecule has 176 valence electrons. The number of amides is 2. The average Bonchev–Trinajstić information content (AvgIpc) is 3.11. The topological polar surface area (TPSA) is 68.2 Å². The molecular formula is C26H24BrClN2O4. The van der Waals surface area contributed by atoms with E-state index in [0.717, 1.165) is 23.4 Å². The van der Waals surface area contributed by atoms with Crippen molar-refractivity contribution in [2.75, 3.05) is 6.61 Å². The summed E-state index contributed by atoms with van der Waals surface area (Å²) in [6.45, 7) is 2.61. The molecule has 2 bridgehead atoms. The first-order valence-corrected chi connectivity index (χ1v) is 12.6. The Morgan fingerprint density at radius 3 is 2.38 bits per heavy atom. The zero-order valence-corrected chi connectivity index (χ0v) is 21.0. The number of imide groups is 1. The van der Waals surface area contributed by atoms with Gasteiger partial charge in [0.25, 0.3) is 11.8 Å². The molecule has 0 radical (unpaired) electrons. The fourth-order valence-electron chi connectivity index (χ4n) is 5.13. The molecule has 1 heterocycles. The number of ether oxygens (including phenoxy) is 2. The highest BCUT2D eigenvalue weighted by Crippen LogP contribution is 2.49. The molecule has 1 saturated carbocycles. The highest BCUT2D eigenvalue weighted by molar-refractivity contribution is 9.10. The van der Waals surface area contributed by atoms with E-state index in [9.17, 15) is 9.59 Å². The van der Waals surface area contributed by atoms with Crippen molar-refractivity contribution < 1.29 is 19.1 Å². The number of hydrogen-bond acceptors (Lipinski definition) is 5. The lowest BCUT2D eigenvalue weighted by Crippen LogP contribution is -2.38. The maximum atomic E-state index is 13.0. The monoisotopic (exact) mass is 542 g/mol. The summed E-state index contributed by atoms with van der Waals surface area (Å²) in [5, 5.41) is 5.99. The van der Waals surface area contributed by atoms with Crippen molar-refractivity contribution in [3.05, 3.63) is 69.2 Å². The summed E-state index contributed by atoms with van der Waals surface area (Å²) in [5.41, 5.74) is 1.54. The number of hydrazone groups is 1. The van der Waals surface area contributed by atoms with Crippen molar-refractivity contribution in [1.29, 1.82) is 0 Å². The number of carbonyl (C=O) groups excluding carboxylic acids is 2. The molecule has 34 heavy (non-hydrogen) atoms. The number of halogens is 2. The number of fused-ring (bicyclic) bond motifs is 1.